The van der Waals surface area contributed by atoms with E-state index in [4.69, 9.17) is 0 Å². The van der Waals surface area contributed by atoms with Crippen LogP contribution in [0.4, 0.5) is 0 Å². The molecule has 0 N–H and O–H groups in total. The second-order valence-corrected chi connectivity index (χ2v) is 4.10. The second-order valence-electron chi connectivity index (χ2n) is 4.10. The van der Waals surface area contributed by atoms with Crippen LogP contribution in [0.3, 0.4) is 0 Å². The molecule has 0 spiro atoms. The maximum atomic E-state index is 2.39. The lowest BCUT2D eigenvalue weighted by Crippen LogP contribution is -2.13. The summed E-state index contributed by atoms with van der Waals surface area (Å²) in [5, 5.41) is 0. The van der Waals surface area contributed by atoms with Crippen molar-refractivity contribution in [2.75, 3.05) is 0 Å². The van der Waals surface area contributed by atoms with Gasteiger partial charge >= 0.3 is 0 Å². The van der Waals surface area contributed by atoms with Crippen LogP contribution in [0.15, 0.2) is 0 Å². The van der Waals surface area contributed by atoms with Crippen LogP contribution in [0.2, 0.25) is 12.6 Å². The van der Waals surface area contributed by atoms with Gasteiger partial charge in [0.05, 0.1) is 0 Å². The topological polar surface area (TPSA) is 0 Å². The van der Waals surface area contributed by atoms with Crippen molar-refractivity contribution in [3.8, 4) is 0 Å². The molecule has 0 amide bonds. The smallest absolute Gasteiger partial charge is 0.0917 e. The third kappa shape index (κ3) is 4.18. The van der Waals surface area contributed by atoms with Gasteiger partial charge in [0.2, 0.25) is 0 Å². The SMILES string of the molecule is C[B]C(C)CC(CC)C(C)CC. The number of rotatable bonds is 6. The average molecular weight is 167 g/mol. The van der Waals surface area contributed by atoms with Crippen LogP contribution in [0.1, 0.15) is 47.0 Å². The Hall–Kier alpha value is 0.0649. The molecule has 0 saturated carbocycles. The Bertz CT molecular complexity index is 101. The molecule has 3 atom stereocenters. The van der Waals surface area contributed by atoms with Crippen molar-refractivity contribution >= 4 is 7.28 Å². The number of hydrogen-bond acceptors (Lipinski definition) is 0. The van der Waals surface area contributed by atoms with Crippen molar-refractivity contribution in [1.82, 2.24) is 0 Å². The van der Waals surface area contributed by atoms with Crippen molar-refractivity contribution in [2.45, 2.75) is 59.6 Å². The predicted molar refractivity (Wildman–Crippen MR) is 58.9 cm³/mol. The molecule has 71 valence electrons. The highest BCUT2D eigenvalue weighted by Gasteiger charge is 2.15. The van der Waals surface area contributed by atoms with E-state index in [2.05, 4.69) is 41.8 Å². The molecule has 0 aliphatic rings. The van der Waals surface area contributed by atoms with E-state index >= 15 is 0 Å². The minimum absolute atomic E-state index is 0.795. The fourth-order valence-corrected chi connectivity index (χ4v) is 1.75. The van der Waals surface area contributed by atoms with Crippen LogP contribution in [0.25, 0.3) is 0 Å². The number of hydrogen-bond donors (Lipinski definition) is 0. The van der Waals surface area contributed by atoms with Gasteiger partial charge in [-0.2, -0.15) is 0 Å². The molecule has 12 heavy (non-hydrogen) atoms. The summed E-state index contributed by atoms with van der Waals surface area (Å²) in [5.74, 6) is 2.63. The lowest BCUT2D eigenvalue weighted by molar-refractivity contribution is 0.315. The fourth-order valence-electron chi connectivity index (χ4n) is 1.75. The lowest BCUT2D eigenvalue weighted by Gasteiger charge is -2.24. The molecule has 0 saturated heterocycles. The molecule has 0 aliphatic heterocycles. The first-order valence-corrected chi connectivity index (χ1v) is 5.45. The summed E-state index contributed by atoms with van der Waals surface area (Å²) in [6.07, 6.45) is 4.05. The Kier molecular flexibility index (Phi) is 6.60. The van der Waals surface area contributed by atoms with Crippen molar-refractivity contribution in [2.24, 2.45) is 11.8 Å². The zero-order valence-electron chi connectivity index (χ0n) is 9.43. The van der Waals surface area contributed by atoms with Gasteiger partial charge in [0.15, 0.2) is 0 Å². The molecule has 0 bridgehead atoms. The lowest BCUT2D eigenvalue weighted by atomic mass is 9.63. The molecular formula is C11H24B. The molecule has 3 unspecified atom stereocenters. The highest BCUT2D eigenvalue weighted by atomic mass is 14.2. The normalized spacial score (nSPS) is 18.4. The highest BCUT2D eigenvalue weighted by Crippen LogP contribution is 2.27. The predicted octanol–water partition coefficient (Wildman–Crippen LogP) is 4.01. The molecule has 0 aliphatic carbocycles. The van der Waals surface area contributed by atoms with Crippen LogP contribution in [-0.2, 0) is 0 Å². The minimum atomic E-state index is 0.795. The van der Waals surface area contributed by atoms with E-state index < -0.39 is 0 Å². The van der Waals surface area contributed by atoms with E-state index in [0.29, 0.717) is 0 Å². The molecule has 0 heterocycles. The maximum Gasteiger partial charge on any atom is 0.109 e. The van der Waals surface area contributed by atoms with Gasteiger partial charge in [-0.3, -0.25) is 0 Å². The maximum absolute atomic E-state index is 2.39. The zero-order chi connectivity index (χ0) is 9.56. The van der Waals surface area contributed by atoms with Gasteiger partial charge in [-0.25, -0.2) is 0 Å². The van der Waals surface area contributed by atoms with Crippen molar-refractivity contribution < 1.29 is 0 Å². The standard InChI is InChI=1S/C11H24B/c1-6-9(3)11(7-2)8-10(4)12-5/h9-11H,6-8H2,1-5H3. The van der Waals surface area contributed by atoms with Crippen LogP contribution in [-0.4, -0.2) is 7.28 Å². The van der Waals surface area contributed by atoms with Gasteiger partial charge in [0.1, 0.15) is 7.28 Å². The van der Waals surface area contributed by atoms with E-state index in [1.54, 1.807) is 0 Å². The summed E-state index contributed by atoms with van der Waals surface area (Å²) in [6, 6.07) is 0. The fraction of sp³-hybridized carbons (Fsp3) is 1.00. The van der Waals surface area contributed by atoms with Crippen LogP contribution in [0.5, 0.6) is 0 Å². The van der Waals surface area contributed by atoms with Gasteiger partial charge in [-0.05, 0) is 11.8 Å². The Labute approximate surface area is 79.4 Å². The zero-order valence-corrected chi connectivity index (χ0v) is 9.43. The Morgan fingerprint density at radius 2 is 1.67 bits per heavy atom. The molecule has 0 rings (SSSR count). The molecule has 0 fully saturated rings. The summed E-state index contributed by atoms with van der Waals surface area (Å²) in [4.78, 5) is 0. The molecule has 0 aromatic rings. The van der Waals surface area contributed by atoms with Crippen LogP contribution in [0, 0.1) is 11.8 Å². The first kappa shape index (κ1) is 12.1. The van der Waals surface area contributed by atoms with Crippen molar-refractivity contribution in [3.05, 3.63) is 0 Å². The summed E-state index contributed by atoms with van der Waals surface area (Å²) in [7, 11) is 2.32. The molecule has 0 aromatic carbocycles. The van der Waals surface area contributed by atoms with Crippen molar-refractivity contribution in [3.63, 3.8) is 0 Å². The first-order chi connectivity index (χ1) is 5.65. The minimum Gasteiger partial charge on any atom is -0.0917 e. The van der Waals surface area contributed by atoms with Gasteiger partial charge in [-0.15, -0.1) is 0 Å². The Morgan fingerprint density at radius 1 is 1.08 bits per heavy atom. The Balaban J connectivity index is 3.81. The molecular weight excluding hydrogens is 143 g/mol. The van der Waals surface area contributed by atoms with Crippen LogP contribution >= 0.6 is 0 Å². The van der Waals surface area contributed by atoms with Gasteiger partial charge < -0.3 is 0 Å². The largest absolute Gasteiger partial charge is 0.109 e. The first-order valence-electron chi connectivity index (χ1n) is 5.45. The third-order valence-corrected chi connectivity index (χ3v) is 3.22. The van der Waals surface area contributed by atoms with E-state index in [-0.39, 0.29) is 0 Å². The van der Waals surface area contributed by atoms with E-state index in [9.17, 15) is 0 Å². The Morgan fingerprint density at radius 3 is 2.00 bits per heavy atom. The molecule has 1 heteroatoms. The quantitative estimate of drug-likeness (QED) is 0.524. The van der Waals surface area contributed by atoms with Crippen LogP contribution < -0.4 is 0 Å². The highest BCUT2D eigenvalue weighted by molar-refractivity contribution is 6.35. The summed E-state index contributed by atoms with van der Waals surface area (Å²) >= 11 is 0. The summed E-state index contributed by atoms with van der Waals surface area (Å²) in [6.45, 7) is 11.5. The van der Waals surface area contributed by atoms with E-state index in [0.717, 1.165) is 17.7 Å². The monoisotopic (exact) mass is 167 g/mol. The second kappa shape index (κ2) is 6.57. The summed E-state index contributed by atoms with van der Waals surface area (Å²) in [5.41, 5.74) is 0. The molecule has 0 nitrogen and oxygen atoms in total. The van der Waals surface area contributed by atoms with E-state index in [1.165, 1.54) is 19.3 Å². The summed E-state index contributed by atoms with van der Waals surface area (Å²) < 4.78 is 0. The average Bonchev–Trinajstić information content (AvgIpc) is 2.12. The van der Waals surface area contributed by atoms with Gasteiger partial charge in [0, 0.05) is 0 Å². The molecule has 0 aromatic heterocycles. The van der Waals surface area contributed by atoms with Gasteiger partial charge in [0.25, 0.3) is 0 Å². The van der Waals surface area contributed by atoms with Gasteiger partial charge in [-0.1, -0.05) is 59.6 Å². The third-order valence-electron chi connectivity index (χ3n) is 3.22. The molecule has 1 radical (unpaired) electrons. The van der Waals surface area contributed by atoms with Crippen molar-refractivity contribution in [1.29, 1.82) is 0 Å². The van der Waals surface area contributed by atoms with E-state index in [1.807, 2.05) is 0 Å².